The molecule has 0 aromatic rings. The Labute approximate surface area is 111 Å². The van der Waals surface area contributed by atoms with Gasteiger partial charge in [-0.3, -0.25) is 4.79 Å². The van der Waals surface area contributed by atoms with Crippen LogP contribution in [0.2, 0.25) is 0 Å². The van der Waals surface area contributed by atoms with Crippen molar-refractivity contribution in [2.45, 2.75) is 76.8 Å². The average Bonchev–Trinajstić information content (AvgIpc) is 3.09. The number of rotatable bonds is 6. The summed E-state index contributed by atoms with van der Waals surface area (Å²) in [5, 5.41) is 3.11. The van der Waals surface area contributed by atoms with E-state index in [4.69, 9.17) is 5.73 Å². The lowest BCUT2D eigenvalue weighted by Gasteiger charge is -2.24. The zero-order valence-corrected chi connectivity index (χ0v) is 11.7. The van der Waals surface area contributed by atoms with Crippen LogP contribution in [0.15, 0.2) is 0 Å². The van der Waals surface area contributed by atoms with Crippen LogP contribution in [0.25, 0.3) is 0 Å². The molecule has 3 nitrogen and oxygen atoms in total. The Morgan fingerprint density at radius 3 is 2.72 bits per heavy atom. The molecule has 0 saturated heterocycles. The van der Waals surface area contributed by atoms with E-state index in [9.17, 15) is 4.79 Å². The Morgan fingerprint density at radius 2 is 2.06 bits per heavy atom. The van der Waals surface area contributed by atoms with Gasteiger partial charge >= 0.3 is 0 Å². The highest BCUT2D eigenvalue weighted by atomic mass is 16.2. The molecule has 3 unspecified atom stereocenters. The number of hydrogen-bond donors (Lipinski definition) is 2. The lowest BCUT2D eigenvalue weighted by molar-refractivity contribution is -0.123. The molecule has 2 aliphatic carbocycles. The summed E-state index contributed by atoms with van der Waals surface area (Å²) in [6.45, 7) is 2.20. The van der Waals surface area contributed by atoms with E-state index in [0.717, 1.165) is 18.8 Å². The van der Waals surface area contributed by atoms with Gasteiger partial charge in [-0.15, -0.1) is 0 Å². The average molecular weight is 252 g/mol. The number of nitrogens with two attached hydrogens (primary N) is 1. The van der Waals surface area contributed by atoms with Crippen molar-refractivity contribution in [1.29, 1.82) is 0 Å². The SMILES string of the molecule is CCCC1CC1NC(=O)C(N)CC1CCCCC1. The summed E-state index contributed by atoms with van der Waals surface area (Å²) in [5.41, 5.74) is 6.03. The molecule has 0 aromatic carbocycles. The summed E-state index contributed by atoms with van der Waals surface area (Å²) >= 11 is 0. The third-order valence-electron chi connectivity index (χ3n) is 4.56. The summed E-state index contributed by atoms with van der Waals surface area (Å²) in [4.78, 5) is 12.0. The van der Waals surface area contributed by atoms with Gasteiger partial charge in [-0.05, 0) is 31.1 Å². The highest BCUT2D eigenvalue weighted by molar-refractivity contribution is 5.82. The first-order valence-corrected chi connectivity index (χ1v) is 7.76. The van der Waals surface area contributed by atoms with E-state index in [2.05, 4.69) is 12.2 Å². The normalized spacial score (nSPS) is 29.9. The van der Waals surface area contributed by atoms with E-state index >= 15 is 0 Å². The first kappa shape index (κ1) is 13.9. The zero-order chi connectivity index (χ0) is 13.0. The maximum atomic E-state index is 12.0. The van der Waals surface area contributed by atoms with Crippen LogP contribution < -0.4 is 11.1 Å². The molecule has 2 saturated carbocycles. The van der Waals surface area contributed by atoms with Gasteiger partial charge in [-0.1, -0.05) is 45.4 Å². The van der Waals surface area contributed by atoms with Gasteiger partial charge in [-0.2, -0.15) is 0 Å². The van der Waals surface area contributed by atoms with Crippen LogP contribution in [0.4, 0.5) is 0 Å². The second-order valence-electron chi connectivity index (χ2n) is 6.25. The Morgan fingerprint density at radius 1 is 1.33 bits per heavy atom. The van der Waals surface area contributed by atoms with Crippen LogP contribution in [0.1, 0.15) is 64.7 Å². The van der Waals surface area contributed by atoms with Gasteiger partial charge < -0.3 is 11.1 Å². The molecule has 0 aliphatic heterocycles. The van der Waals surface area contributed by atoms with E-state index in [-0.39, 0.29) is 11.9 Å². The quantitative estimate of drug-likeness (QED) is 0.763. The van der Waals surface area contributed by atoms with Crippen LogP contribution in [0.5, 0.6) is 0 Å². The third kappa shape index (κ3) is 3.98. The maximum Gasteiger partial charge on any atom is 0.237 e. The van der Waals surface area contributed by atoms with E-state index in [0.29, 0.717) is 12.0 Å². The lowest BCUT2D eigenvalue weighted by atomic mass is 9.85. The molecular weight excluding hydrogens is 224 g/mol. The Kier molecular flexibility index (Phi) is 5.04. The number of carbonyl (C=O) groups is 1. The lowest BCUT2D eigenvalue weighted by Crippen LogP contribution is -2.43. The molecule has 2 fully saturated rings. The highest BCUT2D eigenvalue weighted by Crippen LogP contribution is 2.34. The van der Waals surface area contributed by atoms with Crippen LogP contribution in [0, 0.1) is 11.8 Å². The molecule has 0 spiro atoms. The molecule has 3 atom stereocenters. The van der Waals surface area contributed by atoms with Gasteiger partial charge in [-0.25, -0.2) is 0 Å². The van der Waals surface area contributed by atoms with Crippen molar-refractivity contribution in [3.05, 3.63) is 0 Å². The molecule has 0 radical (unpaired) electrons. The van der Waals surface area contributed by atoms with Crippen LogP contribution in [-0.2, 0) is 4.79 Å². The molecule has 1 amide bonds. The van der Waals surface area contributed by atoms with Crippen LogP contribution in [-0.4, -0.2) is 18.0 Å². The van der Waals surface area contributed by atoms with Gasteiger partial charge in [0.2, 0.25) is 5.91 Å². The predicted molar refractivity (Wildman–Crippen MR) is 74.1 cm³/mol. The fourth-order valence-electron chi connectivity index (χ4n) is 3.29. The largest absolute Gasteiger partial charge is 0.352 e. The Balaban J connectivity index is 1.65. The molecule has 2 rings (SSSR count). The van der Waals surface area contributed by atoms with Crippen molar-refractivity contribution >= 4 is 5.91 Å². The minimum absolute atomic E-state index is 0.0872. The number of amides is 1. The molecule has 0 aromatic heterocycles. The highest BCUT2D eigenvalue weighted by Gasteiger charge is 2.38. The molecule has 3 N–H and O–H groups in total. The Hall–Kier alpha value is -0.570. The number of nitrogens with one attached hydrogen (secondary N) is 1. The van der Waals surface area contributed by atoms with Gasteiger partial charge in [0.25, 0.3) is 0 Å². The summed E-state index contributed by atoms with van der Waals surface area (Å²) in [7, 11) is 0. The van der Waals surface area contributed by atoms with Gasteiger partial charge in [0.05, 0.1) is 6.04 Å². The van der Waals surface area contributed by atoms with Crippen molar-refractivity contribution < 1.29 is 4.79 Å². The monoisotopic (exact) mass is 252 g/mol. The second-order valence-corrected chi connectivity index (χ2v) is 6.25. The molecule has 0 bridgehead atoms. The minimum Gasteiger partial charge on any atom is -0.352 e. The first-order chi connectivity index (χ1) is 8.70. The van der Waals surface area contributed by atoms with Crippen molar-refractivity contribution in [2.75, 3.05) is 0 Å². The predicted octanol–water partition coefficient (Wildman–Crippen LogP) is 2.59. The van der Waals surface area contributed by atoms with Gasteiger partial charge in [0.15, 0.2) is 0 Å². The van der Waals surface area contributed by atoms with E-state index in [1.165, 1.54) is 44.9 Å². The summed E-state index contributed by atoms with van der Waals surface area (Å²) in [6.07, 6.45) is 11.0. The second kappa shape index (κ2) is 6.55. The molecule has 3 heteroatoms. The van der Waals surface area contributed by atoms with Crippen molar-refractivity contribution in [3.8, 4) is 0 Å². The molecular formula is C15H28N2O. The van der Waals surface area contributed by atoms with E-state index in [1.807, 2.05) is 0 Å². The fourth-order valence-corrected chi connectivity index (χ4v) is 3.29. The van der Waals surface area contributed by atoms with Crippen LogP contribution in [0.3, 0.4) is 0 Å². The first-order valence-electron chi connectivity index (χ1n) is 7.76. The van der Waals surface area contributed by atoms with Gasteiger partial charge in [0.1, 0.15) is 0 Å². The van der Waals surface area contributed by atoms with Crippen molar-refractivity contribution in [2.24, 2.45) is 17.6 Å². The van der Waals surface area contributed by atoms with Gasteiger partial charge in [0, 0.05) is 6.04 Å². The summed E-state index contributed by atoms with van der Waals surface area (Å²) in [5.74, 6) is 1.50. The zero-order valence-electron chi connectivity index (χ0n) is 11.7. The number of carbonyl (C=O) groups excluding carboxylic acids is 1. The smallest absolute Gasteiger partial charge is 0.237 e. The standard InChI is InChI=1S/C15H28N2O/c1-2-6-12-10-14(12)17-15(18)13(16)9-11-7-4-3-5-8-11/h11-14H,2-10,16H2,1H3,(H,17,18). The molecule has 104 valence electrons. The summed E-state index contributed by atoms with van der Waals surface area (Å²) in [6, 6.07) is 0.144. The fraction of sp³-hybridized carbons (Fsp3) is 0.933. The third-order valence-corrected chi connectivity index (χ3v) is 4.56. The topological polar surface area (TPSA) is 55.1 Å². The van der Waals surface area contributed by atoms with Crippen molar-refractivity contribution in [1.82, 2.24) is 5.32 Å². The Bertz CT molecular complexity index is 274. The summed E-state index contributed by atoms with van der Waals surface area (Å²) < 4.78 is 0. The van der Waals surface area contributed by atoms with E-state index < -0.39 is 0 Å². The van der Waals surface area contributed by atoms with Crippen LogP contribution >= 0.6 is 0 Å². The molecule has 0 heterocycles. The minimum atomic E-state index is -0.282. The number of hydrogen-bond acceptors (Lipinski definition) is 2. The van der Waals surface area contributed by atoms with E-state index in [1.54, 1.807) is 0 Å². The maximum absolute atomic E-state index is 12.0. The van der Waals surface area contributed by atoms with Crippen molar-refractivity contribution in [3.63, 3.8) is 0 Å². The molecule has 18 heavy (non-hydrogen) atoms. The molecule has 2 aliphatic rings.